The fourth-order valence-corrected chi connectivity index (χ4v) is 5.47. The number of benzene rings is 1. The minimum Gasteiger partial charge on any atom is -0.386 e. The molecular weight excluding hydrogens is 392 g/mol. The van der Waals surface area contributed by atoms with Crippen molar-refractivity contribution in [3.63, 3.8) is 0 Å². The van der Waals surface area contributed by atoms with Gasteiger partial charge in [0.25, 0.3) is 0 Å². The van der Waals surface area contributed by atoms with Gasteiger partial charge >= 0.3 is 0 Å². The van der Waals surface area contributed by atoms with Gasteiger partial charge in [-0.25, -0.2) is 0 Å². The van der Waals surface area contributed by atoms with E-state index >= 15 is 0 Å². The lowest BCUT2D eigenvalue weighted by Crippen LogP contribution is -2.32. The van der Waals surface area contributed by atoms with Crippen LogP contribution in [0.15, 0.2) is 47.9 Å². The molecule has 2 heterocycles. The van der Waals surface area contributed by atoms with Crippen molar-refractivity contribution >= 4 is 16.7 Å². The minimum atomic E-state index is 0.605. The van der Waals surface area contributed by atoms with E-state index in [0.717, 1.165) is 29.8 Å². The third-order valence-corrected chi connectivity index (χ3v) is 7.33. The Hall–Kier alpha value is -2.36. The van der Waals surface area contributed by atoms with Crippen LogP contribution in [-0.2, 0) is 6.42 Å². The van der Waals surface area contributed by atoms with Crippen LogP contribution in [0, 0.1) is 5.92 Å². The standard InChI is InChI=1S/C28H40N4/c1-4-22(5-2)17-21(3)31-25-11-9-23(10-12-25)18-24-19-26(32-15-7-6-8-16-32)20-27-28(24)30-14-13-29-27/h4,13-14,17,19-20,23,25,31H,5-12,15-16,18H2,1-3H3/b21-17+,22-4+. The molecule has 0 radical (unpaired) electrons. The molecule has 4 nitrogen and oxygen atoms in total. The van der Waals surface area contributed by atoms with E-state index in [2.05, 4.69) is 60.3 Å². The number of hydrogen-bond acceptors (Lipinski definition) is 4. The molecule has 2 fully saturated rings. The number of rotatable bonds is 7. The lowest BCUT2D eigenvalue weighted by Gasteiger charge is -2.31. The number of piperidine rings is 1. The lowest BCUT2D eigenvalue weighted by molar-refractivity contribution is 0.302. The summed E-state index contributed by atoms with van der Waals surface area (Å²) in [6.07, 6.45) is 19.4. The molecule has 0 bridgehead atoms. The van der Waals surface area contributed by atoms with Gasteiger partial charge in [0, 0.05) is 42.9 Å². The minimum absolute atomic E-state index is 0.605. The molecule has 0 spiro atoms. The Morgan fingerprint density at radius 1 is 1.06 bits per heavy atom. The Morgan fingerprint density at radius 3 is 2.53 bits per heavy atom. The molecule has 1 saturated heterocycles. The molecule has 0 amide bonds. The van der Waals surface area contributed by atoms with Crippen molar-refractivity contribution in [1.29, 1.82) is 0 Å². The zero-order chi connectivity index (χ0) is 22.3. The number of fused-ring (bicyclic) bond motifs is 1. The Labute approximate surface area is 194 Å². The predicted molar refractivity (Wildman–Crippen MR) is 136 cm³/mol. The maximum absolute atomic E-state index is 4.72. The third kappa shape index (κ3) is 5.70. The fraction of sp³-hybridized carbons (Fsp3) is 0.571. The van der Waals surface area contributed by atoms with Crippen LogP contribution in [0.4, 0.5) is 5.69 Å². The highest BCUT2D eigenvalue weighted by Crippen LogP contribution is 2.32. The van der Waals surface area contributed by atoms with Crippen LogP contribution in [0.5, 0.6) is 0 Å². The Kier molecular flexibility index (Phi) is 7.83. The van der Waals surface area contributed by atoms with E-state index in [0.29, 0.717) is 6.04 Å². The van der Waals surface area contributed by atoms with Gasteiger partial charge in [0.2, 0.25) is 0 Å². The summed E-state index contributed by atoms with van der Waals surface area (Å²) in [5.41, 5.74) is 7.61. The van der Waals surface area contributed by atoms with E-state index in [4.69, 9.17) is 4.98 Å². The number of hydrogen-bond donors (Lipinski definition) is 1. The Morgan fingerprint density at radius 2 is 1.81 bits per heavy atom. The third-order valence-electron chi connectivity index (χ3n) is 7.33. The first-order chi connectivity index (χ1) is 15.7. The summed E-state index contributed by atoms with van der Waals surface area (Å²) in [7, 11) is 0. The van der Waals surface area contributed by atoms with Crippen LogP contribution >= 0.6 is 0 Å². The highest BCUT2D eigenvalue weighted by Gasteiger charge is 2.23. The Balaban J connectivity index is 1.42. The average Bonchev–Trinajstić information content (AvgIpc) is 2.84. The second-order valence-electron chi connectivity index (χ2n) is 9.69. The molecule has 0 unspecified atom stereocenters. The highest BCUT2D eigenvalue weighted by molar-refractivity contribution is 5.82. The Bertz CT molecular complexity index is 947. The molecule has 1 aromatic carbocycles. The average molecular weight is 433 g/mol. The van der Waals surface area contributed by atoms with Crippen LogP contribution in [0.2, 0.25) is 0 Å². The molecule has 2 aromatic rings. The normalized spacial score (nSPS) is 22.9. The van der Waals surface area contributed by atoms with E-state index < -0.39 is 0 Å². The van der Waals surface area contributed by atoms with Crippen LogP contribution < -0.4 is 10.2 Å². The molecule has 172 valence electrons. The number of allylic oxidation sites excluding steroid dienone is 4. The van der Waals surface area contributed by atoms with Crippen molar-refractivity contribution in [2.24, 2.45) is 5.92 Å². The second-order valence-corrected chi connectivity index (χ2v) is 9.69. The first-order valence-corrected chi connectivity index (χ1v) is 12.7. The van der Waals surface area contributed by atoms with E-state index in [-0.39, 0.29) is 0 Å². The largest absolute Gasteiger partial charge is 0.386 e. The molecule has 2 aliphatic rings. The van der Waals surface area contributed by atoms with E-state index in [1.165, 1.54) is 80.6 Å². The quantitative estimate of drug-likeness (QED) is 0.502. The monoisotopic (exact) mass is 432 g/mol. The summed E-state index contributed by atoms with van der Waals surface area (Å²) < 4.78 is 0. The van der Waals surface area contributed by atoms with Crippen molar-refractivity contribution in [2.45, 2.75) is 84.6 Å². The van der Waals surface area contributed by atoms with Gasteiger partial charge in [0.1, 0.15) is 0 Å². The van der Waals surface area contributed by atoms with Crippen molar-refractivity contribution in [3.8, 4) is 0 Å². The van der Waals surface area contributed by atoms with Gasteiger partial charge in [-0.2, -0.15) is 0 Å². The zero-order valence-electron chi connectivity index (χ0n) is 20.2. The van der Waals surface area contributed by atoms with Gasteiger partial charge in [-0.05, 0) is 101 Å². The lowest BCUT2D eigenvalue weighted by atomic mass is 9.82. The molecule has 1 aliphatic carbocycles. The molecule has 4 rings (SSSR count). The van der Waals surface area contributed by atoms with E-state index in [1.54, 1.807) is 0 Å². The number of nitrogens with one attached hydrogen (secondary N) is 1. The van der Waals surface area contributed by atoms with Crippen LogP contribution in [0.25, 0.3) is 11.0 Å². The van der Waals surface area contributed by atoms with Crippen molar-refractivity contribution in [3.05, 3.63) is 53.5 Å². The summed E-state index contributed by atoms with van der Waals surface area (Å²) in [4.78, 5) is 11.9. The number of nitrogens with zero attached hydrogens (tertiary/aromatic N) is 3. The summed E-state index contributed by atoms with van der Waals surface area (Å²) in [6.45, 7) is 8.90. The van der Waals surface area contributed by atoms with Gasteiger partial charge in [-0.3, -0.25) is 9.97 Å². The summed E-state index contributed by atoms with van der Waals surface area (Å²) in [6, 6.07) is 5.28. The van der Waals surface area contributed by atoms with Crippen molar-refractivity contribution < 1.29 is 0 Å². The molecule has 1 aliphatic heterocycles. The van der Waals surface area contributed by atoms with Gasteiger partial charge < -0.3 is 10.2 Å². The topological polar surface area (TPSA) is 41.0 Å². The number of aromatic nitrogens is 2. The fourth-order valence-electron chi connectivity index (χ4n) is 5.47. The van der Waals surface area contributed by atoms with Gasteiger partial charge in [-0.15, -0.1) is 0 Å². The van der Waals surface area contributed by atoms with Crippen molar-refractivity contribution in [2.75, 3.05) is 18.0 Å². The van der Waals surface area contributed by atoms with Crippen LogP contribution in [0.3, 0.4) is 0 Å². The second kappa shape index (κ2) is 11.0. The van der Waals surface area contributed by atoms with Crippen molar-refractivity contribution in [1.82, 2.24) is 15.3 Å². The first-order valence-electron chi connectivity index (χ1n) is 12.7. The zero-order valence-corrected chi connectivity index (χ0v) is 20.2. The number of anilines is 1. The molecule has 1 N–H and O–H groups in total. The van der Waals surface area contributed by atoms with Gasteiger partial charge in [0.15, 0.2) is 0 Å². The van der Waals surface area contributed by atoms with E-state index in [1.807, 2.05) is 12.4 Å². The highest BCUT2D eigenvalue weighted by atomic mass is 15.1. The molecule has 0 atom stereocenters. The molecule has 1 aromatic heterocycles. The molecule has 1 saturated carbocycles. The van der Waals surface area contributed by atoms with Crippen LogP contribution in [0.1, 0.15) is 77.7 Å². The smallest absolute Gasteiger partial charge is 0.0920 e. The van der Waals surface area contributed by atoms with Gasteiger partial charge in [0.05, 0.1) is 11.0 Å². The maximum atomic E-state index is 4.72. The summed E-state index contributed by atoms with van der Waals surface area (Å²) in [5.74, 6) is 0.737. The molecule has 32 heavy (non-hydrogen) atoms. The van der Waals surface area contributed by atoms with Crippen LogP contribution in [-0.4, -0.2) is 29.1 Å². The first kappa shape index (κ1) is 22.8. The molecular formula is C28H40N4. The SMILES string of the molecule is C/C=C(/C=C(\C)NC1CCC(Cc2cc(N3CCCCC3)cc3nccnc23)CC1)CC. The summed E-state index contributed by atoms with van der Waals surface area (Å²) in [5, 5.41) is 3.78. The maximum Gasteiger partial charge on any atom is 0.0920 e. The predicted octanol–water partition coefficient (Wildman–Crippen LogP) is 6.57. The van der Waals surface area contributed by atoms with E-state index in [9.17, 15) is 0 Å². The van der Waals surface area contributed by atoms with Gasteiger partial charge in [-0.1, -0.05) is 18.6 Å². The summed E-state index contributed by atoms with van der Waals surface area (Å²) >= 11 is 0. The molecule has 4 heteroatoms.